The van der Waals surface area contributed by atoms with Gasteiger partial charge in [0.2, 0.25) is 5.88 Å². The van der Waals surface area contributed by atoms with Gasteiger partial charge in [0.25, 0.3) is 0 Å². The highest BCUT2D eigenvalue weighted by molar-refractivity contribution is 5.50. The molecule has 0 saturated heterocycles. The van der Waals surface area contributed by atoms with Crippen LogP contribution in [0.25, 0.3) is 11.5 Å². The average Bonchev–Trinajstić information content (AvgIpc) is 2.62. The summed E-state index contributed by atoms with van der Waals surface area (Å²) in [5, 5.41) is 6.14. The fourth-order valence-corrected chi connectivity index (χ4v) is 1.45. The molecule has 2 N–H and O–H groups in total. The van der Waals surface area contributed by atoms with Crippen LogP contribution in [0.5, 0.6) is 5.88 Å². The Bertz CT molecular complexity index is 571. The summed E-state index contributed by atoms with van der Waals surface area (Å²) in [6, 6.07) is 3.67. The summed E-state index contributed by atoms with van der Waals surface area (Å²) in [5.41, 5.74) is 1.23. The summed E-state index contributed by atoms with van der Waals surface area (Å²) in [4.78, 5) is 17.8. The van der Waals surface area contributed by atoms with Crippen LogP contribution in [-0.4, -0.2) is 26.3 Å². The van der Waals surface area contributed by atoms with Crippen LogP contribution in [0.3, 0.4) is 0 Å². The largest absolute Gasteiger partial charge is 0.475 e. The Hall–Kier alpha value is -2.11. The molecule has 0 amide bonds. The Morgan fingerprint density at radius 1 is 1.35 bits per heavy atom. The summed E-state index contributed by atoms with van der Waals surface area (Å²) in [5.74, 6) is 0.936. The lowest BCUT2D eigenvalue weighted by atomic mass is 10.2. The maximum Gasteiger partial charge on any atom is 0.340 e. The lowest BCUT2D eigenvalue weighted by Crippen LogP contribution is -2.07. The highest BCUT2D eigenvalue weighted by Gasteiger charge is 2.08. The molecule has 2 rings (SSSR count). The summed E-state index contributed by atoms with van der Waals surface area (Å²) in [6.07, 6.45) is 0.0513. The van der Waals surface area contributed by atoms with Gasteiger partial charge < -0.3 is 4.74 Å². The smallest absolute Gasteiger partial charge is 0.340 e. The summed E-state index contributed by atoms with van der Waals surface area (Å²) in [6.45, 7) is 5.79. The molecule has 2 aromatic rings. The highest BCUT2D eigenvalue weighted by atomic mass is 16.5. The topological polar surface area (TPSA) is 83.7 Å². The first kappa shape index (κ1) is 11.4. The highest BCUT2D eigenvalue weighted by Crippen LogP contribution is 2.18. The van der Waals surface area contributed by atoms with Crippen molar-refractivity contribution in [1.82, 2.24) is 20.2 Å². The quantitative estimate of drug-likeness (QED) is 0.837. The van der Waals surface area contributed by atoms with Gasteiger partial charge in [-0.3, -0.25) is 4.98 Å². The van der Waals surface area contributed by atoms with Crippen LogP contribution in [0.1, 0.15) is 19.4 Å². The molecule has 0 fully saturated rings. The van der Waals surface area contributed by atoms with Gasteiger partial charge >= 0.3 is 5.69 Å². The van der Waals surface area contributed by atoms with E-state index >= 15 is 0 Å². The lowest BCUT2D eigenvalue weighted by molar-refractivity contribution is 0.233. The van der Waals surface area contributed by atoms with Crippen LogP contribution in [0.2, 0.25) is 0 Å². The standard InChI is InChI=1S/C11H14N4O2/c1-6(2)17-9-5-7(3)4-8(12-9)10-13-11(16)15-14-10/h4-6H,1-3H3,(H2,13,14,15,16). The van der Waals surface area contributed by atoms with Gasteiger partial charge in [0.1, 0.15) is 5.69 Å². The third kappa shape index (κ3) is 2.72. The molecule has 0 spiro atoms. The van der Waals surface area contributed by atoms with E-state index in [-0.39, 0.29) is 11.8 Å². The van der Waals surface area contributed by atoms with Gasteiger partial charge in [-0.1, -0.05) is 0 Å². The first-order valence-corrected chi connectivity index (χ1v) is 5.35. The Morgan fingerprint density at radius 2 is 2.12 bits per heavy atom. The molecule has 0 bridgehead atoms. The Morgan fingerprint density at radius 3 is 2.71 bits per heavy atom. The zero-order chi connectivity index (χ0) is 12.4. The van der Waals surface area contributed by atoms with Crippen molar-refractivity contribution in [3.05, 3.63) is 28.2 Å². The second-order valence-electron chi connectivity index (χ2n) is 4.06. The predicted molar refractivity (Wildman–Crippen MR) is 62.9 cm³/mol. The molecule has 0 unspecified atom stereocenters. The number of aromatic nitrogens is 4. The molecule has 6 heteroatoms. The molecular formula is C11H14N4O2. The predicted octanol–water partition coefficient (Wildman–Crippen LogP) is 1.26. The summed E-state index contributed by atoms with van der Waals surface area (Å²) >= 11 is 0. The first-order chi connectivity index (χ1) is 8.04. The molecule has 90 valence electrons. The van der Waals surface area contributed by atoms with Gasteiger partial charge in [-0.05, 0) is 32.4 Å². The van der Waals surface area contributed by atoms with Crippen molar-refractivity contribution in [1.29, 1.82) is 0 Å². The van der Waals surface area contributed by atoms with E-state index < -0.39 is 0 Å². The molecule has 0 saturated carbocycles. The number of aryl methyl sites for hydroxylation is 1. The van der Waals surface area contributed by atoms with Crippen molar-refractivity contribution in [2.45, 2.75) is 26.9 Å². The normalized spacial score (nSPS) is 10.8. The maximum atomic E-state index is 11.0. The molecule has 0 radical (unpaired) electrons. The van der Waals surface area contributed by atoms with E-state index in [2.05, 4.69) is 20.2 Å². The van der Waals surface area contributed by atoms with Gasteiger partial charge in [-0.25, -0.2) is 14.9 Å². The Kier molecular flexibility index (Phi) is 2.95. The number of hydrogen-bond donors (Lipinski definition) is 2. The van der Waals surface area contributed by atoms with E-state index in [4.69, 9.17) is 4.74 Å². The van der Waals surface area contributed by atoms with Crippen LogP contribution in [-0.2, 0) is 0 Å². The van der Waals surface area contributed by atoms with Crippen molar-refractivity contribution in [2.24, 2.45) is 0 Å². The van der Waals surface area contributed by atoms with Gasteiger partial charge in [0.05, 0.1) is 6.10 Å². The molecule has 0 atom stereocenters. The van der Waals surface area contributed by atoms with Gasteiger partial charge in [0, 0.05) is 6.07 Å². The fourth-order valence-electron chi connectivity index (χ4n) is 1.45. The SMILES string of the molecule is Cc1cc(OC(C)C)nc(-c2n[nH]c(=O)[nH]2)c1. The van der Waals surface area contributed by atoms with Crippen molar-refractivity contribution in [3.63, 3.8) is 0 Å². The summed E-state index contributed by atoms with van der Waals surface area (Å²) < 4.78 is 5.52. The second kappa shape index (κ2) is 4.40. The maximum absolute atomic E-state index is 11.0. The number of H-pyrrole nitrogens is 2. The molecule has 2 aromatic heterocycles. The third-order valence-electron chi connectivity index (χ3n) is 2.05. The van der Waals surface area contributed by atoms with Crippen molar-refractivity contribution < 1.29 is 4.74 Å². The molecule has 0 aliphatic heterocycles. The number of nitrogens with one attached hydrogen (secondary N) is 2. The van der Waals surface area contributed by atoms with E-state index in [1.807, 2.05) is 32.9 Å². The second-order valence-corrected chi connectivity index (χ2v) is 4.06. The number of ether oxygens (including phenoxy) is 1. The average molecular weight is 234 g/mol. The summed E-state index contributed by atoms with van der Waals surface area (Å²) in [7, 11) is 0. The zero-order valence-electron chi connectivity index (χ0n) is 9.94. The van der Waals surface area contributed by atoms with Gasteiger partial charge in [0.15, 0.2) is 5.82 Å². The van der Waals surface area contributed by atoms with Crippen LogP contribution < -0.4 is 10.4 Å². The monoisotopic (exact) mass is 234 g/mol. The fraction of sp³-hybridized carbons (Fsp3) is 0.364. The molecule has 0 aliphatic rings. The van der Waals surface area contributed by atoms with Crippen LogP contribution >= 0.6 is 0 Å². The number of pyridine rings is 1. The van der Waals surface area contributed by atoms with Gasteiger partial charge in [-0.2, -0.15) is 5.10 Å². The molecule has 17 heavy (non-hydrogen) atoms. The molecule has 0 aliphatic carbocycles. The molecule has 0 aromatic carbocycles. The number of aromatic amines is 2. The molecule has 6 nitrogen and oxygen atoms in total. The van der Waals surface area contributed by atoms with Crippen LogP contribution in [0, 0.1) is 6.92 Å². The number of rotatable bonds is 3. The van der Waals surface area contributed by atoms with Crippen molar-refractivity contribution >= 4 is 0 Å². The van der Waals surface area contributed by atoms with E-state index in [1.165, 1.54) is 0 Å². The lowest BCUT2D eigenvalue weighted by Gasteiger charge is -2.10. The van der Waals surface area contributed by atoms with E-state index in [0.29, 0.717) is 17.4 Å². The Labute approximate surface area is 98.1 Å². The van der Waals surface area contributed by atoms with E-state index in [1.54, 1.807) is 0 Å². The number of hydrogen-bond acceptors (Lipinski definition) is 4. The van der Waals surface area contributed by atoms with Crippen molar-refractivity contribution in [3.8, 4) is 17.4 Å². The van der Waals surface area contributed by atoms with Gasteiger partial charge in [-0.15, -0.1) is 0 Å². The first-order valence-electron chi connectivity index (χ1n) is 5.35. The molecule has 2 heterocycles. The van der Waals surface area contributed by atoms with Crippen molar-refractivity contribution in [2.75, 3.05) is 0 Å². The number of nitrogens with zero attached hydrogens (tertiary/aromatic N) is 2. The minimum absolute atomic E-state index is 0.0513. The third-order valence-corrected chi connectivity index (χ3v) is 2.05. The minimum Gasteiger partial charge on any atom is -0.475 e. The zero-order valence-corrected chi connectivity index (χ0v) is 9.94. The van der Waals surface area contributed by atoms with Crippen LogP contribution in [0.15, 0.2) is 16.9 Å². The van der Waals surface area contributed by atoms with E-state index in [9.17, 15) is 4.79 Å². The molecular weight excluding hydrogens is 220 g/mol. The minimum atomic E-state index is -0.352. The Balaban J connectivity index is 2.41. The van der Waals surface area contributed by atoms with Crippen LogP contribution in [0.4, 0.5) is 0 Å². The van der Waals surface area contributed by atoms with E-state index in [0.717, 1.165) is 5.56 Å².